The van der Waals surface area contributed by atoms with Gasteiger partial charge >= 0.3 is 5.97 Å². The SMILES string of the molecule is Cc1ccc(S(=O)(=O)C2C(c3ccc(Cl)cc3)C2(CN)C(=O)O)cc1. The molecule has 0 spiro atoms. The van der Waals surface area contributed by atoms with Crippen molar-refractivity contribution in [1.82, 2.24) is 0 Å². The monoisotopic (exact) mass is 379 g/mol. The number of hydrogen-bond donors (Lipinski definition) is 2. The molecule has 3 N–H and O–H groups in total. The van der Waals surface area contributed by atoms with Gasteiger partial charge in [-0.05, 0) is 36.8 Å². The molecule has 5 nitrogen and oxygen atoms in total. The van der Waals surface area contributed by atoms with Crippen molar-refractivity contribution in [3.8, 4) is 0 Å². The molecule has 1 aliphatic rings. The first-order valence-electron chi connectivity index (χ1n) is 7.74. The first-order valence-corrected chi connectivity index (χ1v) is 9.67. The van der Waals surface area contributed by atoms with E-state index in [1.54, 1.807) is 36.4 Å². The Morgan fingerprint density at radius 1 is 1.16 bits per heavy atom. The number of benzene rings is 2. The zero-order chi connectivity index (χ0) is 18.4. The molecule has 0 amide bonds. The lowest BCUT2D eigenvalue weighted by Gasteiger charge is -2.10. The van der Waals surface area contributed by atoms with Crippen molar-refractivity contribution in [3.05, 3.63) is 64.7 Å². The van der Waals surface area contributed by atoms with E-state index in [1.807, 2.05) is 6.92 Å². The molecule has 1 fully saturated rings. The van der Waals surface area contributed by atoms with Crippen molar-refractivity contribution < 1.29 is 18.3 Å². The lowest BCUT2D eigenvalue weighted by Crippen LogP contribution is -2.31. The van der Waals surface area contributed by atoms with E-state index in [0.29, 0.717) is 10.6 Å². The van der Waals surface area contributed by atoms with Crippen LogP contribution in [0.5, 0.6) is 0 Å². The van der Waals surface area contributed by atoms with Crippen LogP contribution in [0.4, 0.5) is 0 Å². The topological polar surface area (TPSA) is 97.5 Å². The fourth-order valence-electron chi connectivity index (χ4n) is 3.46. The first kappa shape index (κ1) is 17.9. The van der Waals surface area contributed by atoms with Gasteiger partial charge in [-0.15, -0.1) is 0 Å². The molecular weight excluding hydrogens is 362 g/mol. The Labute approximate surface area is 151 Å². The van der Waals surface area contributed by atoms with Crippen LogP contribution < -0.4 is 5.73 Å². The number of carbonyl (C=O) groups is 1. The Balaban J connectivity index is 2.10. The van der Waals surface area contributed by atoms with Gasteiger partial charge in [0.1, 0.15) is 5.41 Å². The van der Waals surface area contributed by atoms with Crippen molar-refractivity contribution in [2.75, 3.05) is 6.54 Å². The van der Waals surface area contributed by atoms with Crippen LogP contribution in [0, 0.1) is 12.3 Å². The summed E-state index contributed by atoms with van der Waals surface area (Å²) in [5.41, 5.74) is 5.75. The lowest BCUT2D eigenvalue weighted by atomic mass is 9.99. The van der Waals surface area contributed by atoms with Gasteiger partial charge in [0.05, 0.1) is 10.1 Å². The van der Waals surface area contributed by atoms with Crippen molar-refractivity contribution in [1.29, 1.82) is 0 Å². The van der Waals surface area contributed by atoms with Crippen molar-refractivity contribution in [2.24, 2.45) is 11.1 Å². The summed E-state index contributed by atoms with van der Waals surface area (Å²) < 4.78 is 26.2. The summed E-state index contributed by atoms with van der Waals surface area (Å²) in [5, 5.41) is 9.14. The van der Waals surface area contributed by atoms with E-state index in [1.165, 1.54) is 12.1 Å². The Morgan fingerprint density at radius 2 is 1.72 bits per heavy atom. The second kappa shape index (κ2) is 6.12. The van der Waals surface area contributed by atoms with Crippen LogP contribution in [-0.2, 0) is 14.6 Å². The lowest BCUT2D eigenvalue weighted by molar-refractivity contribution is -0.143. The highest BCUT2D eigenvalue weighted by Gasteiger charge is 2.75. The number of halogens is 1. The third-order valence-corrected chi connectivity index (χ3v) is 7.45. The predicted octanol–water partition coefficient (Wildman–Crippen LogP) is 2.62. The summed E-state index contributed by atoms with van der Waals surface area (Å²) >= 11 is 5.88. The van der Waals surface area contributed by atoms with Gasteiger partial charge in [0, 0.05) is 17.5 Å². The molecule has 3 rings (SSSR count). The first-order chi connectivity index (χ1) is 11.7. The zero-order valence-electron chi connectivity index (χ0n) is 13.5. The Hall–Kier alpha value is -1.89. The van der Waals surface area contributed by atoms with Crippen LogP contribution in [0.2, 0.25) is 5.02 Å². The molecule has 1 saturated carbocycles. The van der Waals surface area contributed by atoms with Gasteiger partial charge in [-0.1, -0.05) is 41.4 Å². The Kier molecular flexibility index (Phi) is 4.39. The maximum Gasteiger partial charge on any atom is 0.312 e. The van der Waals surface area contributed by atoms with Gasteiger partial charge in [-0.2, -0.15) is 0 Å². The smallest absolute Gasteiger partial charge is 0.312 e. The quantitative estimate of drug-likeness (QED) is 0.832. The number of carboxylic acids is 1. The summed E-state index contributed by atoms with van der Waals surface area (Å²) in [5.74, 6) is -1.91. The molecule has 0 bridgehead atoms. The van der Waals surface area contributed by atoms with E-state index < -0.39 is 32.4 Å². The number of aliphatic carboxylic acids is 1. The van der Waals surface area contributed by atoms with E-state index in [-0.39, 0.29) is 11.4 Å². The van der Waals surface area contributed by atoms with Gasteiger partial charge in [0.2, 0.25) is 0 Å². The maximum absolute atomic E-state index is 13.1. The Bertz CT molecular complexity index is 909. The minimum Gasteiger partial charge on any atom is -0.481 e. The maximum atomic E-state index is 13.1. The molecule has 0 radical (unpaired) electrons. The van der Waals surface area contributed by atoms with Crippen molar-refractivity contribution in [3.63, 3.8) is 0 Å². The fourth-order valence-corrected chi connectivity index (χ4v) is 5.97. The van der Waals surface area contributed by atoms with Gasteiger partial charge in [0.15, 0.2) is 9.84 Å². The van der Waals surface area contributed by atoms with Gasteiger partial charge < -0.3 is 10.8 Å². The molecule has 1 aliphatic carbocycles. The highest BCUT2D eigenvalue weighted by atomic mass is 35.5. The molecule has 0 saturated heterocycles. The summed E-state index contributed by atoms with van der Waals surface area (Å²) in [6.07, 6.45) is 0. The van der Waals surface area contributed by atoms with E-state index in [4.69, 9.17) is 17.3 Å². The van der Waals surface area contributed by atoms with E-state index in [2.05, 4.69) is 0 Å². The molecule has 3 unspecified atom stereocenters. The summed E-state index contributed by atoms with van der Waals surface area (Å²) in [6, 6.07) is 12.9. The molecule has 0 aliphatic heterocycles. The van der Waals surface area contributed by atoms with Crippen LogP contribution >= 0.6 is 11.6 Å². The van der Waals surface area contributed by atoms with E-state index in [9.17, 15) is 18.3 Å². The molecule has 25 heavy (non-hydrogen) atoms. The van der Waals surface area contributed by atoms with Crippen LogP contribution in [0.3, 0.4) is 0 Å². The number of hydrogen-bond acceptors (Lipinski definition) is 4. The van der Waals surface area contributed by atoms with Gasteiger partial charge in [-0.3, -0.25) is 4.79 Å². The standard InChI is InChI=1S/C18H18ClNO4S/c1-11-2-8-14(9-3-11)25(23,24)16-15(18(16,10-20)17(21)22)12-4-6-13(19)7-5-12/h2-9,15-16H,10,20H2,1H3,(H,21,22). The van der Waals surface area contributed by atoms with Crippen LogP contribution in [0.15, 0.2) is 53.4 Å². The third-order valence-electron chi connectivity index (χ3n) is 4.91. The number of rotatable bonds is 5. The summed E-state index contributed by atoms with van der Waals surface area (Å²) in [4.78, 5) is 12.0. The molecule has 2 aromatic rings. The number of nitrogens with two attached hydrogens (primary N) is 1. The van der Waals surface area contributed by atoms with Gasteiger partial charge in [-0.25, -0.2) is 8.42 Å². The molecule has 0 aromatic heterocycles. The summed E-state index contributed by atoms with van der Waals surface area (Å²) in [6.45, 7) is 1.59. The molecular formula is C18H18ClNO4S. The fraction of sp³-hybridized carbons (Fsp3) is 0.278. The van der Waals surface area contributed by atoms with Gasteiger partial charge in [0.25, 0.3) is 0 Å². The molecule has 2 aromatic carbocycles. The normalized spacial score (nSPS) is 25.6. The minimum absolute atomic E-state index is 0.110. The van der Waals surface area contributed by atoms with Crippen molar-refractivity contribution >= 4 is 27.4 Å². The Morgan fingerprint density at radius 3 is 2.20 bits per heavy atom. The summed E-state index contributed by atoms with van der Waals surface area (Å²) in [7, 11) is -3.85. The largest absolute Gasteiger partial charge is 0.481 e. The van der Waals surface area contributed by atoms with Crippen LogP contribution in [0.25, 0.3) is 0 Å². The van der Waals surface area contributed by atoms with Crippen LogP contribution in [-0.4, -0.2) is 31.3 Å². The molecule has 0 heterocycles. The van der Waals surface area contributed by atoms with Crippen molar-refractivity contribution in [2.45, 2.75) is 23.0 Å². The highest BCUT2D eigenvalue weighted by molar-refractivity contribution is 7.92. The number of aryl methyl sites for hydroxylation is 1. The second-order valence-electron chi connectivity index (χ2n) is 6.36. The van der Waals surface area contributed by atoms with E-state index in [0.717, 1.165) is 5.56 Å². The highest BCUT2D eigenvalue weighted by Crippen LogP contribution is 2.63. The average Bonchev–Trinajstić information content (AvgIpc) is 3.27. The minimum atomic E-state index is -3.85. The molecule has 3 atom stereocenters. The third kappa shape index (κ3) is 2.74. The number of carboxylic acid groups (broad SMARTS) is 1. The van der Waals surface area contributed by atoms with Crippen LogP contribution in [0.1, 0.15) is 17.0 Å². The zero-order valence-corrected chi connectivity index (χ0v) is 15.1. The predicted molar refractivity (Wildman–Crippen MR) is 95.5 cm³/mol. The average molecular weight is 380 g/mol. The molecule has 7 heteroatoms. The number of sulfone groups is 1. The molecule has 132 valence electrons. The van der Waals surface area contributed by atoms with E-state index >= 15 is 0 Å². The second-order valence-corrected chi connectivity index (χ2v) is 8.86.